The van der Waals surface area contributed by atoms with E-state index in [-0.39, 0.29) is 30.3 Å². The Morgan fingerprint density at radius 2 is 1.64 bits per heavy atom. The molecule has 3 aromatic rings. The number of carbonyl (C=O) groups excluding carboxylic acids is 2. The maximum absolute atomic E-state index is 14.4. The third-order valence-corrected chi connectivity index (χ3v) is 18.2. The van der Waals surface area contributed by atoms with Gasteiger partial charge in [0, 0.05) is 30.5 Å². The van der Waals surface area contributed by atoms with Crippen molar-refractivity contribution >= 4 is 59.8 Å². The number of aromatic amines is 1. The lowest BCUT2D eigenvalue weighted by atomic mass is 9.86. The summed E-state index contributed by atoms with van der Waals surface area (Å²) >= 11 is 2.33. The highest BCUT2D eigenvalue weighted by atomic mass is 127. The van der Waals surface area contributed by atoms with Gasteiger partial charge in [0.1, 0.15) is 23.4 Å². The van der Waals surface area contributed by atoms with E-state index in [2.05, 4.69) is 118 Å². The van der Waals surface area contributed by atoms with Crippen LogP contribution < -0.4 is 15.2 Å². The van der Waals surface area contributed by atoms with Crippen molar-refractivity contribution in [2.24, 2.45) is 17.3 Å². The summed E-state index contributed by atoms with van der Waals surface area (Å²) in [4.78, 5) is 43.2. The number of aliphatic hydroxyl groups is 1. The first-order chi connectivity index (χ1) is 25.5. The average molecular weight is 889 g/mol. The van der Waals surface area contributed by atoms with E-state index in [1.165, 1.54) is 5.01 Å². The Morgan fingerprint density at radius 3 is 2.22 bits per heavy atom. The molecule has 2 amide bonds. The van der Waals surface area contributed by atoms with Crippen LogP contribution in [0.15, 0.2) is 36.4 Å². The Hall–Kier alpha value is -3.14. The number of ether oxygens (including phenoxy) is 1. The van der Waals surface area contributed by atoms with Gasteiger partial charge in [0.25, 0.3) is 14.2 Å². The number of benzene rings is 2. The molecule has 1 aromatic heterocycles. The van der Waals surface area contributed by atoms with Crippen LogP contribution >= 0.6 is 22.6 Å². The molecule has 1 aliphatic carbocycles. The number of amides is 2. The number of hydrazine groups is 1. The van der Waals surface area contributed by atoms with Crippen LogP contribution in [-0.4, -0.2) is 77.3 Å². The maximum Gasteiger partial charge on any atom is 0.408 e. The minimum absolute atomic E-state index is 0.0154. The van der Waals surface area contributed by atoms with Crippen LogP contribution in [0.1, 0.15) is 93.7 Å². The molecule has 1 saturated heterocycles. The van der Waals surface area contributed by atoms with Crippen LogP contribution in [0.4, 0.5) is 4.79 Å². The average Bonchev–Trinajstić information content (AvgIpc) is 3.81. The summed E-state index contributed by atoms with van der Waals surface area (Å²) in [6.07, 6.45) is 0.815. The molecule has 2 aromatic carbocycles. The molecular formula is C42H61IN4O7Si. The van der Waals surface area contributed by atoms with Gasteiger partial charge in [0.2, 0.25) is 0 Å². The van der Waals surface area contributed by atoms with E-state index >= 15 is 0 Å². The van der Waals surface area contributed by atoms with E-state index in [0.29, 0.717) is 35.3 Å². The lowest BCUT2D eigenvalue weighted by Crippen LogP contribution is -2.61. The number of nitrogens with zero attached hydrogens (tertiary/aromatic N) is 1. The molecule has 13 heteroatoms. The van der Waals surface area contributed by atoms with Gasteiger partial charge >= 0.3 is 12.1 Å². The number of nitrogens with one attached hydrogen (secondary N) is 3. The van der Waals surface area contributed by atoms with Gasteiger partial charge in [0.05, 0.1) is 3.70 Å². The minimum atomic E-state index is -2.42. The zero-order valence-electron chi connectivity index (χ0n) is 34.3. The van der Waals surface area contributed by atoms with Crippen LogP contribution in [0.3, 0.4) is 0 Å². The Kier molecular flexibility index (Phi) is 12.8. The van der Waals surface area contributed by atoms with Crippen LogP contribution in [-0.2, 0) is 27.2 Å². The third-order valence-electron chi connectivity index (χ3n) is 11.3. The quantitative estimate of drug-likeness (QED) is 0.0800. The van der Waals surface area contributed by atoms with Gasteiger partial charge in [0.15, 0.2) is 0 Å². The molecule has 2 aliphatic rings. The molecule has 0 spiro atoms. The van der Waals surface area contributed by atoms with Crippen molar-refractivity contribution in [1.29, 1.82) is 0 Å². The fourth-order valence-corrected chi connectivity index (χ4v) is 14.6. The standard InChI is InChI=1S/C42H61IN4O7Si/c1-23(2)55(24(3)4,25(5)6)54-30-15-26(14-28(17-30)27-12-13-34-32(18-27)33(37(43)44-34)20-42(10,11)22-48)16-35(45-40(52)53-41(7,8)9)38(49)47-21-29-19-31(29)36(46-47)39(50)51/h12-15,17-18,23-25,29,31,35-36,44,46,48H,16,19-22H2,1-11H3,(H,45,52)(H,50,51)/t29-,31-,35-,36-/m0/s1. The lowest BCUT2D eigenvalue weighted by molar-refractivity contribution is -0.148. The first-order valence-electron chi connectivity index (χ1n) is 19.6. The molecule has 5 rings (SSSR count). The van der Waals surface area contributed by atoms with E-state index in [1.807, 2.05) is 12.1 Å². The number of hydrogen-bond acceptors (Lipinski definition) is 7. The molecule has 302 valence electrons. The van der Waals surface area contributed by atoms with Crippen molar-refractivity contribution in [3.8, 4) is 16.9 Å². The van der Waals surface area contributed by atoms with Gasteiger partial charge in [-0.25, -0.2) is 10.2 Å². The molecular weight excluding hydrogens is 827 g/mol. The van der Waals surface area contributed by atoms with Gasteiger partial charge in [-0.3, -0.25) is 14.6 Å². The molecule has 1 saturated carbocycles. The molecule has 0 radical (unpaired) electrons. The number of hydrogen-bond donors (Lipinski definition) is 5. The second kappa shape index (κ2) is 16.4. The lowest BCUT2D eigenvalue weighted by Gasteiger charge is -2.42. The zero-order valence-corrected chi connectivity index (χ0v) is 37.5. The second-order valence-corrected chi connectivity index (χ2v) is 24.9. The van der Waals surface area contributed by atoms with Crippen molar-refractivity contribution in [3.63, 3.8) is 0 Å². The number of rotatable bonds is 14. The summed E-state index contributed by atoms with van der Waals surface area (Å²) in [5.41, 5.74) is 7.61. The Balaban J connectivity index is 1.62. The summed E-state index contributed by atoms with van der Waals surface area (Å²) in [5, 5.41) is 25.3. The fourth-order valence-electron chi connectivity index (χ4n) is 8.57. The number of H-pyrrole nitrogens is 1. The predicted octanol–water partition coefficient (Wildman–Crippen LogP) is 8.43. The third kappa shape index (κ3) is 9.70. The second-order valence-electron chi connectivity index (χ2n) is 18.4. The molecule has 55 heavy (non-hydrogen) atoms. The smallest absolute Gasteiger partial charge is 0.408 e. The minimum Gasteiger partial charge on any atom is -0.543 e. The monoisotopic (exact) mass is 888 g/mol. The first-order valence-corrected chi connectivity index (χ1v) is 22.8. The first kappa shape index (κ1) is 43.0. The van der Waals surface area contributed by atoms with Crippen molar-refractivity contribution in [2.45, 2.75) is 130 Å². The Bertz CT molecular complexity index is 1880. The SMILES string of the molecule is CC(C)[Si](Oc1cc(C[C@H](NC(=O)OC(C)(C)C)C(=O)N2C[C@@H]3C[C@@H]3[C@@H](C(=O)O)N2)cc(-c2ccc3[nH]c(I)c(CC(C)(C)CO)c3c2)c1)(C(C)C)C(C)C. The number of carboxylic acid groups (broad SMARTS) is 1. The summed E-state index contributed by atoms with van der Waals surface area (Å²) < 4.78 is 13.9. The van der Waals surface area contributed by atoms with Crippen molar-refractivity contribution < 1.29 is 33.8 Å². The molecule has 0 unspecified atom stereocenters. The number of aromatic nitrogens is 1. The molecule has 2 heterocycles. The van der Waals surface area contributed by atoms with Crippen molar-refractivity contribution in [1.82, 2.24) is 20.7 Å². The normalized spacial score (nSPS) is 19.5. The van der Waals surface area contributed by atoms with Crippen LogP contribution in [0.2, 0.25) is 16.6 Å². The summed E-state index contributed by atoms with van der Waals surface area (Å²) in [7, 11) is -2.42. The molecule has 2 fully saturated rings. The van der Waals surface area contributed by atoms with E-state index < -0.39 is 44.0 Å². The van der Waals surface area contributed by atoms with E-state index in [4.69, 9.17) is 9.16 Å². The van der Waals surface area contributed by atoms with E-state index in [0.717, 1.165) is 43.3 Å². The van der Waals surface area contributed by atoms with E-state index in [9.17, 15) is 24.6 Å². The topological polar surface area (TPSA) is 153 Å². The Morgan fingerprint density at radius 1 is 0.982 bits per heavy atom. The number of carboxylic acids is 1. The highest BCUT2D eigenvalue weighted by Crippen LogP contribution is 2.45. The van der Waals surface area contributed by atoms with Gasteiger partial charge in [-0.1, -0.05) is 67.5 Å². The molecule has 4 atom stereocenters. The van der Waals surface area contributed by atoms with Gasteiger partial charge in [-0.15, -0.1) is 0 Å². The number of aliphatic hydroxyl groups excluding tert-OH is 1. The predicted molar refractivity (Wildman–Crippen MR) is 227 cm³/mol. The summed E-state index contributed by atoms with van der Waals surface area (Å²) in [5.74, 6) is -0.630. The molecule has 1 aliphatic heterocycles. The van der Waals surface area contributed by atoms with Crippen molar-refractivity contribution in [3.05, 3.63) is 51.2 Å². The zero-order chi connectivity index (χ0) is 40.8. The molecule has 11 nitrogen and oxygen atoms in total. The maximum atomic E-state index is 14.4. The number of alkyl carbamates (subject to hydrolysis) is 1. The molecule has 0 bridgehead atoms. The van der Waals surface area contributed by atoms with Gasteiger partial charge in [-0.05, 0) is 137 Å². The fraction of sp³-hybridized carbons (Fsp3) is 0.595. The highest BCUT2D eigenvalue weighted by molar-refractivity contribution is 14.1. The van der Waals surface area contributed by atoms with E-state index in [1.54, 1.807) is 20.8 Å². The summed E-state index contributed by atoms with van der Waals surface area (Å²) in [6, 6.07) is 10.5. The van der Waals surface area contributed by atoms with Crippen LogP contribution in [0.5, 0.6) is 5.75 Å². The van der Waals surface area contributed by atoms with Crippen molar-refractivity contribution in [2.75, 3.05) is 13.2 Å². The number of halogens is 1. The highest BCUT2D eigenvalue weighted by Gasteiger charge is 2.52. The Labute approximate surface area is 340 Å². The largest absolute Gasteiger partial charge is 0.543 e. The summed E-state index contributed by atoms with van der Waals surface area (Å²) in [6.45, 7) is 23.3. The van der Waals surface area contributed by atoms with Gasteiger partial charge < -0.3 is 29.7 Å². The number of carbonyl (C=O) groups is 3. The molecule has 5 N–H and O–H groups in total. The van der Waals surface area contributed by atoms with Gasteiger partial charge in [-0.2, -0.15) is 0 Å². The van der Waals surface area contributed by atoms with Crippen LogP contribution in [0.25, 0.3) is 22.0 Å². The number of fused-ring (bicyclic) bond motifs is 2. The number of aliphatic carboxylic acids is 1. The van der Waals surface area contributed by atoms with Crippen LogP contribution in [0, 0.1) is 21.0 Å².